The van der Waals surface area contributed by atoms with Crippen LogP contribution in [-0.2, 0) is 16.0 Å². The Hall–Kier alpha value is -3.87. The molecule has 1 aliphatic rings. The van der Waals surface area contributed by atoms with Crippen LogP contribution in [0.4, 0.5) is 27.9 Å². The van der Waals surface area contributed by atoms with Crippen molar-refractivity contribution >= 4 is 29.4 Å². The second-order valence-electron chi connectivity index (χ2n) is 10.1. The molecule has 11 nitrogen and oxygen atoms in total. The van der Waals surface area contributed by atoms with E-state index in [0.717, 1.165) is 17.8 Å². The fourth-order valence-electron chi connectivity index (χ4n) is 4.58. The van der Waals surface area contributed by atoms with Crippen molar-refractivity contribution in [3.63, 3.8) is 0 Å². The van der Waals surface area contributed by atoms with Crippen molar-refractivity contribution in [1.82, 2.24) is 20.3 Å². The molecule has 0 aliphatic heterocycles. The Balaban J connectivity index is 1.33. The fraction of sp³-hybridized carbons (Fsp3) is 0.467. The summed E-state index contributed by atoms with van der Waals surface area (Å²) in [5.41, 5.74) is 7.52. The van der Waals surface area contributed by atoms with Crippen molar-refractivity contribution in [2.75, 3.05) is 62.0 Å². The van der Waals surface area contributed by atoms with E-state index >= 15 is 0 Å². The lowest BCUT2D eigenvalue weighted by Gasteiger charge is -2.21. The van der Waals surface area contributed by atoms with Crippen LogP contribution in [0.5, 0.6) is 0 Å². The number of nitrogens with one attached hydrogen (secondary N) is 4. The van der Waals surface area contributed by atoms with Gasteiger partial charge in [-0.2, -0.15) is 15.0 Å². The molecule has 42 heavy (non-hydrogen) atoms. The minimum Gasteiger partial charge on any atom is -0.378 e. The van der Waals surface area contributed by atoms with Gasteiger partial charge in [0.15, 0.2) is 0 Å². The normalized spacial score (nSPS) is 13.5. The van der Waals surface area contributed by atoms with Gasteiger partial charge in [-0.25, -0.2) is 4.39 Å². The number of nitrogens with zero attached hydrogens (tertiary/aromatic N) is 3. The average Bonchev–Trinajstić information content (AvgIpc) is 3.02. The maximum atomic E-state index is 13.3. The first-order valence-corrected chi connectivity index (χ1v) is 14.6. The smallest absolute Gasteiger partial charge is 0.251 e. The van der Waals surface area contributed by atoms with E-state index in [-0.39, 0.29) is 11.7 Å². The van der Waals surface area contributed by atoms with Crippen LogP contribution in [0.2, 0.25) is 0 Å². The number of halogens is 1. The van der Waals surface area contributed by atoms with Gasteiger partial charge < -0.3 is 36.5 Å². The molecular formula is C30H41FN8O3. The monoisotopic (exact) mass is 580 g/mol. The highest BCUT2D eigenvalue weighted by Crippen LogP contribution is 2.24. The summed E-state index contributed by atoms with van der Waals surface area (Å²) in [6, 6.07) is 13.3. The molecule has 12 heteroatoms. The molecule has 4 rings (SSSR count). The van der Waals surface area contributed by atoms with Crippen molar-refractivity contribution in [3.05, 3.63) is 65.5 Å². The molecule has 2 aromatic carbocycles. The number of carbonyl (C=O) groups is 1. The van der Waals surface area contributed by atoms with Gasteiger partial charge in [-0.15, -0.1) is 0 Å². The third kappa shape index (κ3) is 10.8. The Morgan fingerprint density at radius 2 is 1.50 bits per heavy atom. The zero-order chi connectivity index (χ0) is 29.4. The molecule has 0 atom stereocenters. The molecule has 1 saturated carbocycles. The molecule has 1 aliphatic carbocycles. The summed E-state index contributed by atoms with van der Waals surface area (Å²) < 4.78 is 24.0. The number of hydrogen-bond acceptors (Lipinski definition) is 10. The van der Waals surface area contributed by atoms with Gasteiger partial charge in [-0.05, 0) is 60.7 Å². The number of amides is 1. The van der Waals surface area contributed by atoms with Crippen molar-refractivity contribution in [3.8, 4) is 0 Å². The largest absolute Gasteiger partial charge is 0.378 e. The quantitative estimate of drug-likeness (QED) is 0.148. The summed E-state index contributed by atoms with van der Waals surface area (Å²) in [6.07, 6.45) is 6.22. The molecule has 226 valence electrons. The molecule has 1 fully saturated rings. The highest BCUT2D eigenvalue weighted by atomic mass is 19.1. The van der Waals surface area contributed by atoms with Gasteiger partial charge in [0.1, 0.15) is 5.82 Å². The van der Waals surface area contributed by atoms with E-state index in [1.165, 1.54) is 44.2 Å². The standard InChI is InChI=1S/C30H41FN8O3/c31-25-10-6-23(7-11-25)21-35-29-37-28(34-20-22-4-2-1-3-5-22)38-30(39-29)36-26-12-8-24(9-13-26)27(40)33-15-17-42-19-18-41-16-14-32/h6-13,22H,1-5,14-21,32H2,(H,33,40)(H3,34,35,36,37,38,39). The number of aromatic nitrogens is 3. The second kappa shape index (κ2) is 17.2. The van der Waals surface area contributed by atoms with Crippen molar-refractivity contribution in [1.29, 1.82) is 0 Å². The lowest BCUT2D eigenvalue weighted by atomic mass is 9.89. The van der Waals surface area contributed by atoms with Gasteiger partial charge in [0, 0.05) is 37.4 Å². The summed E-state index contributed by atoms with van der Waals surface area (Å²) in [6.45, 7) is 3.94. The topological polar surface area (TPSA) is 148 Å². The second-order valence-corrected chi connectivity index (χ2v) is 10.1. The molecule has 1 amide bonds. The fourth-order valence-corrected chi connectivity index (χ4v) is 4.58. The van der Waals surface area contributed by atoms with Gasteiger partial charge in [0.05, 0.1) is 26.4 Å². The average molecular weight is 581 g/mol. The number of ether oxygens (including phenoxy) is 2. The molecule has 0 bridgehead atoms. The molecule has 0 spiro atoms. The van der Waals surface area contributed by atoms with Crippen LogP contribution >= 0.6 is 0 Å². The first-order valence-electron chi connectivity index (χ1n) is 14.6. The highest BCUT2D eigenvalue weighted by Gasteiger charge is 2.15. The van der Waals surface area contributed by atoms with E-state index in [1.807, 2.05) is 0 Å². The van der Waals surface area contributed by atoms with E-state index in [2.05, 4.69) is 36.2 Å². The summed E-state index contributed by atoms with van der Waals surface area (Å²) >= 11 is 0. The maximum absolute atomic E-state index is 13.3. The lowest BCUT2D eigenvalue weighted by molar-refractivity contribution is 0.0511. The zero-order valence-corrected chi connectivity index (χ0v) is 23.9. The zero-order valence-electron chi connectivity index (χ0n) is 23.9. The maximum Gasteiger partial charge on any atom is 0.251 e. The number of hydrogen-bond donors (Lipinski definition) is 5. The van der Waals surface area contributed by atoms with Gasteiger partial charge in [0.2, 0.25) is 17.8 Å². The van der Waals surface area contributed by atoms with Gasteiger partial charge in [-0.3, -0.25) is 4.79 Å². The Kier molecular flexibility index (Phi) is 12.7. The number of rotatable bonds is 17. The van der Waals surface area contributed by atoms with Crippen LogP contribution < -0.4 is 27.0 Å². The van der Waals surface area contributed by atoms with E-state index < -0.39 is 0 Å². The number of benzene rings is 2. The van der Waals surface area contributed by atoms with Crippen LogP contribution in [0.25, 0.3) is 0 Å². The molecular weight excluding hydrogens is 539 g/mol. The predicted octanol–water partition coefficient (Wildman–Crippen LogP) is 4.08. The van der Waals surface area contributed by atoms with E-state index in [1.54, 1.807) is 36.4 Å². The van der Waals surface area contributed by atoms with Gasteiger partial charge in [-0.1, -0.05) is 31.4 Å². The Labute approximate surface area is 246 Å². The summed E-state index contributed by atoms with van der Waals surface area (Å²) in [7, 11) is 0. The highest BCUT2D eigenvalue weighted by molar-refractivity contribution is 5.94. The Bertz CT molecular complexity index is 1220. The molecule has 6 N–H and O–H groups in total. The van der Waals surface area contributed by atoms with Crippen molar-refractivity contribution in [2.45, 2.75) is 38.6 Å². The Morgan fingerprint density at radius 1 is 0.833 bits per heavy atom. The molecule has 1 heterocycles. The third-order valence-corrected chi connectivity index (χ3v) is 6.84. The molecule has 0 unspecified atom stereocenters. The summed E-state index contributed by atoms with van der Waals surface area (Å²) in [5.74, 6) is 1.37. The summed E-state index contributed by atoms with van der Waals surface area (Å²) in [5, 5.41) is 12.6. The van der Waals surface area contributed by atoms with Gasteiger partial charge >= 0.3 is 0 Å². The van der Waals surface area contributed by atoms with Crippen LogP contribution in [-0.4, -0.2) is 66.9 Å². The van der Waals surface area contributed by atoms with Crippen LogP contribution in [0.1, 0.15) is 48.0 Å². The first kappa shape index (κ1) is 31.1. The van der Waals surface area contributed by atoms with E-state index in [0.29, 0.717) is 75.4 Å². The summed E-state index contributed by atoms with van der Waals surface area (Å²) in [4.78, 5) is 26.2. The van der Waals surface area contributed by atoms with Crippen LogP contribution in [0, 0.1) is 11.7 Å². The van der Waals surface area contributed by atoms with Crippen molar-refractivity contribution < 1.29 is 18.7 Å². The van der Waals surface area contributed by atoms with Gasteiger partial charge in [0.25, 0.3) is 5.91 Å². The number of carbonyl (C=O) groups excluding carboxylic acids is 1. The number of nitrogens with two attached hydrogens (primary N) is 1. The number of anilines is 4. The lowest BCUT2D eigenvalue weighted by Crippen LogP contribution is -2.27. The van der Waals surface area contributed by atoms with Crippen molar-refractivity contribution in [2.24, 2.45) is 11.7 Å². The predicted molar refractivity (Wildman–Crippen MR) is 161 cm³/mol. The Morgan fingerprint density at radius 3 is 2.21 bits per heavy atom. The molecule has 1 aromatic heterocycles. The van der Waals surface area contributed by atoms with E-state index in [9.17, 15) is 9.18 Å². The SMILES string of the molecule is NCCOCCOCCNC(=O)c1ccc(Nc2nc(NCc3ccc(F)cc3)nc(NCC3CCCCC3)n2)cc1. The molecule has 0 saturated heterocycles. The minimum atomic E-state index is -0.280. The van der Waals surface area contributed by atoms with Crippen LogP contribution in [0.15, 0.2) is 48.5 Å². The first-order chi connectivity index (χ1) is 20.6. The van der Waals surface area contributed by atoms with E-state index in [4.69, 9.17) is 15.2 Å². The third-order valence-electron chi connectivity index (χ3n) is 6.84. The minimum absolute atomic E-state index is 0.189. The molecule has 0 radical (unpaired) electrons. The van der Waals surface area contributed by atoms with Crippen LogP contribution in [0.3, 0.4) is 0 Å². The molecule has 3 aromatic rings.